The van der Waals surface area contributed by atoms with Crippen LogP contribution in [-0.4, -0.2) is 24.3 Å². The van der Waals surface area contributed by atoms with Crippen molar-refractivity contribution < 1.29 is 5.11 Å². The molecule has 0 aromatic heterocycles. The molecule has 0 spiro atoms. The van der Waals surface area contributed by atoms with Crippen LogP contribution in [0.25, 0.3) is 0 Å². The summed E-state index contributed by atoms with van der Waals surface area (Å²) < 4.78 is 0. The lowest BCUT2D eigenvalue weighted by Gasteiger charge is -2.28. The van der Waals surface area contributed by atoms with Crippen molar-refractivity contribution >= 4 is 11.4 Å². The second-order valence-electron chi connectivity index (χ2n) is 5.26. The van der Waals surface area contributed by atoms with E-state index in [9.17, 15) is 5.11 Å². The van der Waals surface area contributed by atoms with Crippen molar-refractivity contribution in [1.82, 2.24) is 0 Å². The van der Waals surface area contributed by atoms with Crippen LogP contribution in [0.3, 0.4) is 0 Å². The quantitative estimate of drug-likeness (QED) is 0.897. The average Bonchev–Trinajstić information content (AvgIpc) is 2.65. The van der Waals surface area contributed by atoms with Crippen LogP contribution in [0.1, 0.15) is 11.1 Å². The maximum atomic E-state index is 9.99. The van der Waals surface area contributed by atoms with Crippen molar-refractivity contribution in [2.24, 2.45) is 5.73 Å². The van der Waals surface area contributed by atoms with Crippen molar-refractivity contribution in [3.05, 3.63) is 59.7 Å². The molecule has 0 unspecified atom stereocenters. The van der Waals surface area contributed by atoms with E-state index >= 15 is 0 Å². The van der Waals surface area contributed by atoms with E-state index in [-0.39, 0.29) is 6.54 Å². The Labute approximate surface area is 119 Å². The van der Waals surface area contributed by atoms with Gasteiger partial charge in [0.1, 0.15) is 0 Å². The number of nitrogens with zero attached hydrogens (tertiary/aromatic N) is 1. The number of nitrogens with two attached hydrogens (primary N) is 1. The number of para-hydroxylation sites is 2. The highest BCUT2D eigenvalue weighted by Crippen LogP contribution is 2.35. The first kappa shape index (κ1) is 13.2. The van der Waals surface area contributed by atoms with Crippen molar-refractivity contribution in [2.45, 2.75) is 18.9 Å². The Bertz CT molecular complexity index is 550. The molecular weight excluding hydrogens is 248 g/mol. The third-order valence-electron chi connectivity index (χ3n) is 3.89. The van der Waals surface area contributed by atoms with Gasteiger partial charge < -0.3 is 15.7 Å². The lowest BCUT2D eigenvalue weighted by atomic mass is 10.0. The molecule has 3 heteroatoms. The first-order valence-electron chi connectivity index (χ1n) is 7.11. The number of β-amino-alcohol motifs (C(OH)–C–C–N with tert-alkyl or cyclic N) is 1. The van der Waals surface area contributed by atoms with Gasteiger partial charge in [0.05, 0.1) is 12.6 Å². The Hall–Kier alpha value is -1.84. The number of fused-ring (bicyclic) bond motifs is 2. The van der Waals surface area contributed by atoms with Gasteiger partial charge in [-0.3, -0.25) is 0 Å². The Kier molecular flexibility index (Phi) is 3.72. The van der Waals surface area contributed by atoms with Crippen LogP contribution < -0.4 is 10.6 Å². The molecule has 1 atom stereocenters. The predicted molar refractivity (Wildman–Crippen MR) is 82.4 cm³/mol. The second-order valence-corrected chi connectivity index (χ2v) is 5.26. The Morgan fingerprint density at radius 1 is 0.950 bits per heavy atom. The number of rotatable bonds is 3. The maximum absolute atomic E-state index is 9.99. The highest BCUT2D eigenvalue weighted by atomic mass is 16.3. The van der Waals surface area contributed by atoms with Gasteiger partial charge in [0.2, 0.25) is 0 Å². The predicted octanol–water partition coefficient (Wildman–Crippen LogP) is 2.24. The third-order valence-corrected chi connectivity index (χ3v) is 3.89. The fraction of sp³-hybridized carbons (Fsp3) is 0.294. The summed E-state index contributed by atoms with van der Waals surface area (Å²) >= 11 is 0. The number of hydrogen-bond donors (Lipinski definition) is 2. The van der Waals surface area contributed by atoms with Crippen LogP contribution in [0.15, 0.2) is 48.5 Å². The van der Waals surface area contributed by atoms with Gasteiger partial charge in [0, 0.05) is 17.9 Å². The number of hydrogen-bond acceptors (Lipinski definition) is 3. The minimum Gasteiger partial charge on any atom is -0.390 e. The highest BCUT2D eigenvalue weighted by Gasteiger charge is 2.21. The van der Waals surface area contributed by atoms with Crippen LogP contribution >= 0.6 is 0 Å². The van der Waals surface area contributed by atoms with E-state index in [2.05, 4.69) is 53.4 Å². The van der Waals surface area contributed by atoms with Crippen molar-refractivity contribution in [3.63, 3.8) is 0 Å². The van der Waals surface area contributed by atoms with Gasteiger partial charge in [-0.1, -0.05) is 36.4 Å². The minimum atomic E-state index is -0.519. The van der Waals surface area contributed by atoms with E-state index in [1.54, 1.807) is 0 Å². The van der Waals surface area contributed by atoms with E-state index in [4.69, 9.17) is 5.73 Å². The zero-order valence-corrected chi connectivity index (χ0v) is 11.5. The van der Waals surface area contributed by atoms with Gasteiger partial charge in [0.25, 0.3) is 0 Å². The van der Waals surface area contributed by atoms with Crippen molar-refractivity contribution in [3.8, 4) is 0 Å². The first-order valence-corrected chi connectivity index (χ1v) is 7.11. The molecule has 0 saturated carbocycles. The number of aliphatic hydroxyl groups excluding tert-OH is 1. The molecule has 3 rings (SSSR count). The van der Waals surface area contributed by atoms with Gasteiger partial charge in [-0.15, -0.1) is 0 Å². The number of aryl methyl sites for hydroxylation is 2. The summed E-state index contributed by atoms with van der Waals surface area (Å²) in [6, 6.07) is 16.8. The fourth-order valence-electron chi connectivity index (χ4n) is 2.85. The van der Waals surface area contributed by atoms with Gasteiger partial charge in [-0.25, -0.2) is 0 Å². The number of anilines is 2. The Morgan fingerprint density at radius 2 is 1.45 bits per heavy atom. The molecule has 1 aliphatic rings. The lowest BCUT2D eigenvalue weighted by molar-refractivity contribution is 0.191. The Morgan fingerprint density at radius 3 is 1.95 bits per heavy atom. The molecule has 0 saturated heterocycles. The second kappa shape index (κ2) is 5.65. The SMILES string of the molecule is NC[C@@H](O)CN1c2ccccc2CCc2ccccc21. The molecule has 3 nitrogen and oxygen atoms in total. The number of benzene rings is 2. The minimum absolute atomic E-state index is 0.279. The van der Waals surface area contributed by atoms with Crippen molar-refractivity contribution in [1.29, 1.82) is 0 Å². The summed E-state index contributed by atoms with van der Waals surface area (Å²) in [5, 5.41) is 9.99. The molecule has 0 fully saturated rings. The molecule has 0 amide bonds. The zero-order valence-electron chi connectivity index (χ0n) is 11.5. The molecule has 1 aliphatic heterocycles. The van der Waals surface area contributed by atoms with Crippen LogP contribution in [0.4, 0.5) is 11.4 Å². The maximum Gasteiger partial charge on any atom is 0.0841 e. The van der Waals surface area contributed by atoms with E-state index in [0.29, 0.717) is 6.54 Å². The Balaban J connectivity index is 2.09. The van der Waals surface area contributed by atoms with Gasteiger partial charge >= 0.3 is 0 Å². The summed E-state index contributed by atoms with van der Waals surface area (Å²) in [5.74, 6) is 0. The van der Waals surface area contributed by atoms with E-state index < -0.39 is 6.10 Å². The normalized spacial score (nSPS) is 15.2. The molecule has 0 aliphatic carbocycles. The van der Waals surface area contributed by atoms with Crippen molar-refractivity contribution in [2.75, 3.05) is 18.0 Å². The van der Waals surface area contributed by atoms with Crippen LogP contribution in [0, 0.1) is 0 Å². The zero-order chi connectivity index (χ0) is 13.9. The summed E-state index contributed by atoms with van der Waals surface area (Å²) in [6.45, 7) is 0.811. The molecule has 1 heterocycles. The van der Waals surface area contributed by atoms with Crippen LogP contribution in [0.2, 0.25) is 0 Å². The number of aliphatic hydroxyl groups is 1. The summed E-state index contributed by atoms with van der Waals surface area (Å²) in [5.41, 5.74) is 10.6. The lowest BCUT2D eigenvalue weighted by Crippen LogP contribution is -2.34. The van der Waals surface area contributed by atoms with Gasteiger partial charge in [0.15, 0.2) is 0 Å². The summed E-state index contributed by atoms with van der Waals surface area (Å²) in [6.07, 6.45) is 1.54. The van der Waals surface area contributed by atoms with E-state index in [1.165, 1.54) is 22.5 Å². The summed E-state index contributed by atoms with van der Waals surface area (Å²) in [4.78, 5) is 2.20. The summed E-state index contributed by atoms with van der Waals surface area (Å²) in [7, 11) is 0. The van der Waals surface area contributed by atoms with Gasteiger partial charge in [-0.05, 0) is 36.1 Å². The average molecular weight is 268 g/mol. The molecule has 104 valence electrons. The topological polar surface area (TPSA) is 49.5 Å². The molecular formula is C17H20N2O. The molecule has 2 aromatic rings. The molecule has 0 bridgehead atoms. The fourth-order valence-corrected chi connectivity index (χ4v) is 2.85. The standard InChI is InChI=1S/C17H20N2O/c18-11-15(20)12-19-16-7-3-1-5-13(16)9-10-14-6-2-4-8-17(14)19/h1-8,15,20H,9-12,18H2/t15-/m1/s1. The van der Waals surface area contributed by atoms with Crippen LogP contribution in [0.5, 0.6) is 0 Å². The van der Waals surface area contributed by atoms with Crippen LogP contribution in [-0.2, 0) is 12.8 Å². The molecule has 20 heavy (non-hydrogen) atoms. The molecule has 0 radical (unpaired) electrons. The monoisotopic (exact) mass is 268 g/mol. The van der Waals surface area contributed by atoms with Gasteiger partial charge in [-0.2, -0.15) is 0 Å². The highest BCUT2D eigenvalue weighted by molar-refractivity contribution is 5.71. The molecule has 3 N–H and O–H groups in total. The van der Waals surface area contributed by atoms with E-state index in [0.717, 1.165) is 12.8 Å². The smallest absolute Gasteiger partial charge is 0.0841 e. The molecule has 2 aromatic carbocycles. The first-order chi connectivity index (χ1) is 9.79. The third kappa shape index (κ3) is 2.42. The largest absolute Gasteiger partial charge is 0.390 e. The van der Waals surface area contributed by atoms with E-state index in [1.807, 2.05) is 0 Å².